The molecule has 0 unspecified atom stereocenters. The van der Waals surface area contributed by atoms with E-state index in [4.69, 9.17) is 21.3 Å². The van der Waals surface area contributed by atoms with Crippen molar-refractivity contribution in [2.24, 2.45) is 0 Å². The van der Waals surface area contributed by atoms with Gasteiger partial charge < -0.3 is 19.5 Å². The Labute approximate surface area is 190 Å². The highest BCUT2D eigenvalue weighted by molar-refractivity contribution is 6.35. The number of benzene rings is 2. The number of rotatable bonds is 6. The molecule has 0 saturated heterocycles. The minimum Gasteiger partial charge on any atom is -0.465 e. The molecule has 32 heavy (non-hydrogen) atoms. The molecule has 8 heteroatoms. The molecule has 0 bridgehead atoms. The lowest BCUT2D eigenvalue weighted by molar-refractivity contribution is -0.143. The summed E-state index contributed by atoms with van der Waals surface area (Å²) < 4.78 is 6.91. The second kappa shape index (κ2) is 8.88. The van der Waals surface area contributed by atoms with Crippen molar-refractivity contribution in [3.8, 4) is 0 Å². The van der Waals surface area contributed by atoms with Crippen molar-refractivity contribution in [3.63, 3.8) is 0 Å². The lowest BCUT2D eigenvalue weighted by Gasteiger charge is -2.22. The number of esters is 1. The zero-order valence-electron chi connectivity index (χ0n) is 18.1. The number of nitrogens with one attached hydrogen (secondary N) is 1. The summed E-state index contributed by atoms with van der Waals surface area (Å²) in [7, 11) is 3.68. The summed E-state index contributed by atoms with van der Waals surface area (Å²) in [6, 6.07) is 16.4. The van der Waals surface area contributed by atoms with E-state index in [2.05, 4.69) is 5.32 Å². The van der Waals surface area contributed by atoms with Crippen molar-refractivity contribution in [1.29, 1.82) is 0 Å². The van der Waals surface area contributed by atoms with Gasteiger partial charge >= 0.3 is 5.97 Å². The van der Waals surface area contributed by atoms with Crippen LogP contribution in [-0.2, 0) is 16.1 Å². The number of ether oxygens (including phenoxy) is 1. The van der Waals surface area contributed by atoms with Crippen LogP contribution < -0.4 is 15.6 Å². The summed E-state index contributed by atoms with van der Waals surface area (Å²) in [6.45, 7) is 1.90. The molecule has 0 radical (unpaired) electrons. The number of aromatic nitrogens is 2. The first-order chi connectivity index (χ1) is 15.4. The van der Waals surface area contributed by atoms with Gasteiger partial charge in [0.15, 0.2) is 5.43 Å². The van der Waals surface area contributed by atoms with Crippen molar-refractivity contribution in [3.05, 3.63) is 69.8 Å². The summed E-state index contributed by atoms with van der Waals surface area (Å²) in [6.07, 6.45) is 0. The Morgan fingerprint density at radius 1 is 1.09 bits per heavy atom. The predicted octanol–water partition coefficient (Wildman–Crippen LogP) is 4.58. The van der Waals surface area contributed by atoms with E-state index in [1.54, 1.807) is 35.8 Å². The number of pyridine rings is 2. The van der Waals surface area contributed by atoms with Crippen molar-refractivity contribution < 1.29 is 9.53 Å². The summed E-state index contributed by atoms with van der Waals surface area (Å²) in [5.41, 5.74) is 2.24. The molecule has 1 N–H and O–H groups in total. The lowest BCUT2D eigenvalue weighted by Crippen LogP contribution is -2.21. The number of anilines is 3. The Morgan fingerprint density at radius 2 is 1.81 bits per heavy atom. The normalized spacial score (nSPS) is 11.0. The Morgan fingerprint density at radius 3 is 2.50 bits per heavy atom. The van der Waals surface area contributed by atoms with E-state index in [0.717, 1.165) is 5.69 Å². The van der Waals surface area contributed by atoms with Crippen LogP contribution in [0, 0.1) is 0 Å². The molecule has 0 fully saturated rings. The van der Waals surface area contributed by atoms with E-state index in [9.17, 15) is 9.59 Å². The minimum absolute atomic E-state index is 0.107. The topological polar surface area (TPSA) is 76.5 Å². The van der Waals surface area contributed by atoms with Gasteiger partial charge in [0.1, 0.15) is 18.0 Å². The van der Waals surface area contributed by atoms with E-state index >= 15 is 0 Å². The maximum absolute atomic E-state index is 13.4. The number of halogens is 1. The van der Waals surface area contributed by atoms with E-state index in [0.29, 0.717) is 38.5 Å². The van der Waals surface area contributed by atoms with Gasteiger partial charge in [-0.25, -0.2) is 4.98 Å². The molecule has 2 heterocycles. The molecule has 4 rings (SSSR count). The van der Waals surface area contributed by atoms with Gasteiger partial charge in [0.25, 0.3) is 0 Å². The molecule has 0 aliphatic carbocycles. The molecular weight excluding hydrogens is 428 g/mol. The predicted molar refractivity (Wildman–Crippen MR) is 129 cm³/mol. The van der Waals surface area contributed by atoms with E-state index in [1.807, 2.05) is 49.3 Å². The molecule has 0 aliphatic heterocycles. The largest absolute Gasteiger partial charge is 0.465 e. The molecular formula is C24H23ClN4O3. The molecule has 7 nitrogen and oxygen atoms in total. The lowest BCUT2D eigenvalue weighted by atomic mass is 10.1. The molecule has 2 aromatic carbocycles. The van der Waals surface area contributed by atoms with Crippen molar-refractivity contribution in [1.82, 2.24) is 9.55 Å². The third-order valence-corrected chi connectivity index (χ3v) is 5.38. The molecule has 0 atom stereocenters. The molecule has 0 aliphatic rings. The number of nitrogens with zero attached hydrogens (tertiary/aromatic N) is 3. The first-order valence-corrected chi connectivity index (χ1v) is 10.6. The highest BCUT2D eigenvalue weighted by atomic mass is 35.5. The van der Waals surface area contributed by atoms with Crippen LogP contribution >= 0.6 is 11.6 Å². The average Bonchev–Trinajstić information content (AvgIpc) is 2.77. The van der Waals surface area contributed by atoms with E-state index < -0.39 is 5.97 Å². The van der Waals surface area contributed by atoms with Gasteiger partial charge in [0.2, 0.25) is 0 Å². The van der Waals surface area contributed by atoms with Crippen LogP contribution in [0.4, 0.5) is 17.2 Å². The van der Waals surface area contributed by atoms with Gasteiger partial charge in [-0.15, -0.1) is 0 Å². The van der Waals surface area contributed by atoms with Crippen LogP contribution in [0.3, 0.4) is 0 Å². The van der Waals surface area contributed by atoms with Crippen LogP contribution in [-0.4, -0.2) is 36.2 Å². The van der Waals surface area contributed by atoms with Crippen molar-refractivity contribution in [2.75, 3.05) is 30.9 Å². The first kappa shape index (κ1) is 21.6. The van der Waals surface area contributed by atoms with Gasteiger partial charge in [0.05, 0.1) is 28.2 Å². The molecule has 0 saturated carbocycles. The van der Waals surface area contributed by atoms with Gasteiger partial charge in [0, 0.05) is 25.2 Å². The highest BCUT2D eigenvalue weighted by Crippen LogP contribution is 2.34. The van der Waals surface area contributed by atoms with Crippen molar-refractivity contribution >= 4 is 56.7 Å². The summed E-state index contributed by atoms with van der Waals surface area (Å²) in [4.78, 5) is 32.4. The Bertz CT molecular complexity index is 1370. The van der Waals surface area contributed by atoms with Crippen LogP contribution in [0.15, 0.2) is 59.4 Å². The summed E-state index contributed by atoms with van der Waals surface area (Å²) in [5, 5.41) is 4.58. The summed E-state index contributed by atoms with van der Waals surface area (Å²) >= 11 is 6.50. The monoisotopic (exact) mass is 450 g/mol. The van der Waals surface area contributed by atoms with Crippen LogP contribution in [0.25, 0.3) is 21.9 Å². The number of hydrogen-bond donors (Lipinski definition) is 1. The zero-order valence-corrected chi connectivity index (χ0v) is 18.8. The van der Waals surface area contributed by atoms with Crippen LogP contribution in [0.5, 0.6) is 0 Å². The third-order valence-electron chi connectivity index (χ3n) is 5.08. The SMILES string of the molecule is CCOC(=O)Cn1c2nc(Nc3ccccc3)ccc2c(=O)c2ccc(Cl)c(N(C)C)c21. The standard InChI is InChI=1S/C24H23ClN4O3/c1-4-32-20(30)14-29-21-16(10-12-18(25)22(21)28(2)3)23(31)17-11-13-19(27-24(17)29)26-15-8-6-5-7-9-15/h5-13H,4,14H2,1-3H3,(H,26,27). The van der Waals surface area contributed by atoms with Crippen LogP contribution in [0.1, 0.15) is 6.92 Å². The second-order valence-corrected chi connectivity index (χ2v) is 7.87. The second-order valence-electron chi connectivity index (χ2n) is 7.47. The Kier molecular flexibility index (Phi) is 6.01. The maximum Gasteiger partial charge on any atom is 0.326 e. The van der Waals surface area contributed by atoms with Crippen LogP contribution in [0.2, 0.25) is 5.02 Å². The third kappa shape index (κ3) is 3.99. The number of carbonyl (C=O) groups excluding carboxylic acids is 1. The van der Waals surface area contributed by atoms with Gasteiger partial charge in [-0.3, -0.25) is 9.59 Å². The molecule has 0 amide bonds. The maximum atomic E-state index is 13.4. The molecule has 4 aromatic rings. The van der Waals surface area contributed by atoms with E-state index in [1.165, 1.54) is 0 Å². The first-order valence-electron chi connectivity index (χ1n) is 10.2. The van der Waals surface area contributed by atoms with Crippen molar-refractivity contribution in [2.45, 2.75) is 13.5 Å². The van der Waals surface area contributed by atoms with Gasteiger partial charge in [-0.05, 0) is 43.3 Å². The Balaban J connectivity index is 2.04. The number of hydrogen-bond acceptors (Lipinski definition) is 6. The highest BCUT2D eigenvalue weighted by Gasteiger charge is 2.20. The molecule has 2 aromatic heterocycles. The zero-order chi connectivity index (χ0) is 22.8. The minimum atomic E-state index is -0.424. The quantitative estimate of drug-likeness (QED) is 0.342. The van der Waals surface area contributed by atoms with Gasteiger partial charge in [-0.2, -0.15) is 0 Å². The van der Waals surface area contributed by atoms with Gasteiger partial charge in [-0.1, -0.05) is 29.8 Å². The number of para-hydroxylation sites is 1. The molecule has 0 spiro atoms. The van der Waals surface area contributed by atoms with E-state index in [-0.39, 0.29) is 18.6 Å². The number of carbonyl (C=O) groups is 1. The molecule has 164 valence electrons. The fraction of sp³-hybridized carbons (Fsp3) is 0.208. The fourth-order valence-electron chi connectivity index (χ4n) is 3.75. The smallest absolute Gasteiger partial charge is 0.326 e. The fourth-order valence-corrected chi connectivity index (χ4v) is 4.07. The summed E-state index contributed by atoms with van der Waals surface area (Å²) in [5.74, 6) is 0.125. The number of fused-ring (bicyclic) bond motifs is 2. The average molecular weight is 451 g/mol. The Hall–Kier alpha value is -3.58.